The number of nitrogens with one attached hydrogen (secondary N) is 1. The maximum absolute atomic E-state index is 13.1. The maximum atomic E-state index is 13.1. The van der Waals surface area contributed by atoms with Crippen LogP contribution in [0, 0.1) is 5.82 Å². The van der Waals surface area contributed by atoms with Gasteiger partial charge in [0.25, 0.3) is 0 Å². The van der Waals surface area contributed by atoms with E-state index in [1.54, 1.807) is 12.1 Å². The van der Waals surface area contributed by atoms with Crippen molar-refractivity contribution in [3.05, 3.63) is 35.9 Å². The number of aromatic nitrogens is 4. The van der Waals surface area contributed by atoms with Gasteiger partial charge >= 0.3 is 6.09 Å². The molecule has 18 heavy (non-hydrogen) atoms. The largest absolute Gasteiger partial charge is 0.453 e. The van der Waals surface area contributed by atoms with E-state index >= 15 is 0 Å². The molecule has 0 radical (unpaired) electrons. The lowest BCUT2D eigenvalue weighted by molar-refractivity contribution is 0.170. The Hall–Kier alpha value is -2.51. The Morgan fingerprint density at radius 2 is 2.39 bits per heavy atom. The number of carbonyl (C=O) groups excluding carboxylic acids is 1. The highest BCUT2D eigenvalue weighted by molar-refractivity contribution is 5.66. The van der Waals surface area contributed by atoms with Gasteiger partial charge in [0, 0.05) is 0 Å². The molecular weight excluding hydrogens is 241 g/mol. The quantitative estimate of drug-likeness (QED) is 0.866. The van der Waals surface area contributed by atoms with Gasteiger partial charge in [0.1, 0.15) is 5.82 Å². The number of rotatable bonds is 3. The third-order valence-corrected chi connectivity index (χ3v) is 2.16. The number of hydrogen-bond donors (Lipinski definition) is 1. The molecule has 0 aliphatic heterocycles. The summed E-state index contributed by atoms with van der Waals surface area (Å²) in [5.41, 5.74) is 0.474. The van der Waals surface area contributed by atoms with Crippen molar-refractivity contribution in [1.82, 2.24) is 25.5 Å². The van der Waals surface area contributed by atoms with Crippen LogP contribution in [0.3, 0.4) is 0 Å². The first kappa shape index (κ1) is 12.0. The van der Waals surface area contributed by atoms with E-state index in [4.69, 9.17) is 0 Å². The molecule has 0 bridgehead atoms. The highest BCUT2D eigenvalue weighted by atomic mass is 19.1. The van der Waals surface area contributed by atoms with Gasteiger partial charge in [0.05, 0.1) is 19.3 Å². The molecule has 0 aliphatic rings. The number of tetrazole rings is 1. The van der Waals surface area contributed by atoms with E-state index in [0.717, 1.165) is 0 Å². The number of hydrogen-bond acceptors (Lipinski definition) is 5. The van der Waals surface area contributed by atoms with Crippen LogP contribution in [0.15, 0.2) is 24.3 Å². The monoisotopic (exact) mass is 251 g/mol. The molecule has 1 heterocycles. The van der Waals surface area contributed by atoms with Crippen LogP contribution in [-0.2, 0) is 11.3 Å². The Morgan fingerprint density at radius 1 is 1.56 bits per heavy atom. The van der Waals surface area contributed by atoms with E-state index in [9.17, 15) is 9.18 Å². The second-order valence-electron chi connectivity index (χ2n) is 3.33. The van der Waals surface area contributed by atoms with Gasteiger partial charge in [-0.15, -0.1) is 5.10 Å². The lowest BCUT2D eigenvalue weighted by atomic mass is 10.3. The van der Waals surface area contributed by atoms with Crippen LogP contribution in [0.2, 0.25) is 0 Å². The van der Waals surface area contributed by atoms with Crippen molar-refractivity contribution < 1.29 is 13.9 Å². The minimum absolute atomic E-state index is 0.0796. The summed E-state index contributed by atoms with van der Waals surface area (Å²) in [7, 11) is 1.25. The smallest absolute Gasteiger partial charge is 0.407 e. The van der Waals surface area contributed by atoms with Gasteiger partial charge in [0.2, 0.25) is 0 Å². The molecule has 0 unspecified atom stereocenters. The van der Waals surface area contributed by atoms with Gasteiger partial charge in [0.15, 0.2) is 5.82 Å². The number of ether oxygens (including phenoxy) is 1. The predicted octanol–water partition coefficient (Wildman–Crippen LogP) is 0.657. The zero-order chi connectivity index (χ0) is 13.0. The molecule has 1 N–H and O–H groups in total. The number of halogens is 1. The molecule has 1 aromatic heterocycles. The third-order valence-electron chi connectivity index (χ3n) is 2.16. The molecule has 0 saturated heterocycles. The predicted molar refractivity (Wildman–Crippen MR) is 58.4 cm³/mol. The molecule has 0 aliphatic carbocycles. The SMILES string of the molecule is COC(=O)NCc1nnnn1-c1cccc(F)c1. The average molecular weight is 251 g/mol. The van der Waals surface area contributed by atoms with E-state index in [1.165, 1.54) is 23.9 Å². The first-order chi connectivity index (χ1) is 8.70. The van der Waals surface area contributed by atoms with Crippen molar-refractivity contribution in [3.63, 3.8) is 0 Å². The first-order valence-electron chi connectivity index (χ1n) is 5.05. The van der Waals surface area contributed by atoms with Gasteiger partial charge in [-0.2, -0.15) is 4.68 Å². The lowest BCUT2D eigenvalue weighted by Crippen LogP contribution is -2.24. The van der Waals surface area contributed by atoms with Gasteiger partial charge in [-0.1, -0.05) is 6.07 Å². The van der Waals surface area contributed by atoms with Crippen molar-refractivity contribution in [2.75, 3.05) is 7.11 Å². The van der Waals surface area contributed by atoms with Gasteiger partial charge in [-0.3, -0.25) is 0 Å². The Bertz CT molecular complexity index is 557. The normalized spacial score (nSPS) is 10.1. The number of alkyl carbamates (subject to hydrolysis) is 1. The fourth-order valence-corrected chi connectivity index (χ4v) is 1.35. The summed E-state index contributed by atoms with van der Waals surface area (Å²) < 4.78 is 18.8. The van der Waals surface area contributed by atoms with Crippen LogP contribution >= 0.6 is 0 Å². The molecular formula is C10H10FN5O2. The average Bonchev–Trinajstić information content (AvgIpc) is 2.84. The van der Waals surface area contributed by atoms with E-state index in [0.29, 0.717) is 11.5 Å². The molecule has 0 fully saturated rings. The molecule has 7 nitrogen and oxygen atoms in total. The van der Waals surface area contributed by atoms with Gasteiger partial charge < -0.3 is 10.1 Å². The van der Waals surface area contributed by atoms with Crippen molar-refractivity contribution in [2.24, 2.45) is 0 Å². The maximum Gasteiger partial charge on any atom is 0.407 e. The second-order valence-corrected chi connectivity index (χ2v) is 3.33. The molecule has 2 aromatic rings. The van der Waals surface area contributed by atoms with Crippen molar-refractivity contribution in [2.45, 2.75) is 6.54 Å². The standard InChI is InChI=1S/C10H10FN5O2/c1-18-10(17)12-6-9-13-14-15-16(9)8-4-2-3-7(11)5-8/h2-5H,6H2,1H3,(H,12,17). The zero-order valence-electron chi connectivity index (χ0n) is 9.50. The molecule has 1 aromatic carbocycles. The summed E-state index contributed by atoms with van der Waals surface area (Å²) in [5, 5.41) is 13.4. The highest BCUT2D eigenvalue weighted by Crippen LogP contribution is 2.09. The van der Waals surface area contributed by atoms with Gasteiger partial charge in [-0.25, -0.2) is 9.18 Å². The summed E-state index contributed by atoms with van der Waals surface area (Å²) >= 11 is 0. The summed E-state index contributed by atoms with van der Waals surface area (Å²) in [6.07, 6.45) is -0.594. The first-order valence-corrected chi connectivity index (χ1v) is 5.05. The van der Waals surface area contributed by atoms with Crippen LogP contribution < -0.4 is 5.32 Å². The molecule has 0 saturated carbocycles. The van der Waals surface area contributed by atoms with E-state index in [2.05, 4.69) is 25.6 Å². The molecule has 94 valence electrons. The summed E-state index contributed by atoms with van der Waals surface area (Å²) in [6, 6.07) is 5.81. The minimum atomic E-state index is -0.594. The van der Waals surface area contributed by atoms with E-state index < -0.39 is 11.9 Å². The molecule has 0 atom stereocenters. The fraction of sp³-hybridized carbons (Fsp3) is 0.200. The minimum Gasteiger partial charge on any atom is -0.453 e. The van der Waals surface area contributed by atoms with Crippen molar-refractivity contribution in [1.29, 1.82) is 0 Å². The Labute approximate surface area is 102 Å². The van der Waals surface area contributed by atoms with Crippen LogP contribution in [-0.4, -0.2) is 33.4 Å². The lowest BCUT2D eigenvalue weighted by Gasteiger charge is -2.05. The van der Waals surface area contributed by atoms with Gasteiger partial charge in [-0.05, 0) is 28.6 Å². The van der Waals surface area contributed by atoms with Crippen molar-refractivity contribution >= 4 is 6.09 Å². The molecule has 0 spiro atoms. The third kappa shape index (κ3) is 2.59. The Balaban J connectivity index is 2.20. The molecule has 1 amide bonds. The molecule has 2 rings (SSSR count). The Morgan fingerprint density at radius 3 is 3.11 bits per heavy atom. The van der Waals surface area contributed by atoms with Crippen LogP contribution in [0.4, 0.5) is 9.18 Å². The van der Waals surface area contributed by atoms with Crippen LogP contribution in [0.25, 0.3) is 5.69 Å². The summed E-state index contributed by atoms with van der Waals surface area (Å²) in [4.78, 5) is 10.9. The number of carbonyl (C=O) groups is 1. The summed E-state index contributed by atoms with van der Waals surface area (Å²) in [5.74, 6) is -0.0270. The molecule has 8 heteroatoms. The van der Waals surface area contributed by atoms with Crippen molar-refractivity contribution in [3.8, 4) is 5.69 Å². The number of nitrogens with zero attached hydrogens (tertiary/aromatic N) is 4. The number of amides is 1. The second kappa shape index (κ2) is 5.21. The van der Waals surface area contributed by atoms with E-state index in [-0.39, 0.29) is 6.54 Å². The zero-order valence-corrected chi connectivity index (χ0v) is 9.50. The number of methoxy groups -OCH3 is 1. The van der Waals surface area contributed by atoms with Crippen LogP contribution in [0.5, 0.6) is 0 Å². The topological polar surface area (TPSA) is 81.9 Å². The Kier molecular flexibility index (Phi) is 3.46. The number of benzene rings is 1. The van der Waals surface area contributed by atoms with E-state index in [1.807, 2.05) is 0 Å². The fourth-order valence-electron chi connectivity index (χ4n) is 1.35. The highest BCUT2D eigenvalue weighted by Gasteiger charge is 2.10. The summed E-state index contributed by atoms with van der Waals surface area (Å²) in [6.45, 7) is 0.0796. The van der Waals surface area contributed by atoms with Crippen LogP contribution in [0.1, 0.15) is 5.82 Å².